The maximum atomic E-state index is 11.0. The number of hydrogen-bond donors (Lipinski definition) is 2. The molecule has 8 nitrogen and oxygen atoms in total. The quantitative estimate of drug-likeness (QED) is 0.464. The molecule has 4 aromatic rings. The van der Waals surface area contributed by atoms with Crippen LogP contribution in [0, 0.1) is 0 Å². The van der Waals surface area contributed by atoms with Crippen LogP contribution in [0.5, 0.6) is 0 Å². The number of aldehydes is 1. The Labute approximate surface area is 170 Å². The molecule has 9 heteroatoms. The topological polar surface area (TPSA) is 106 Å². The maximum absolute atomic E-state index is 11.0. The van der Waals surface area contributed by atoms with E-state index in [1.165, 1.54) is 17.8 Å². The molecule has 1 fully saturated rings. The zero-order chi connectivity index (χ0) is 19.6. The van der Waals surface area contributed by atoms with Crippen molar-refractivity contribution in [1.82, 2.24) is 25.1 Å². The second-order valence-corrected chi connectivity index (χ2v) is 7.84. The van der Waals surface area contributed by atoms with E-state index in [1.54, 1.807) is 18.6 Å². The molecule has 3 heterocycles. The highest BCUT2D eigenvalue weighted by molar-refractivity contribution is 7.16. The average Bonchev–Trinajstić information content (AvgIpc) is 3.20. The Morgan fingerprint density at radius 3 is 2.66 bits per heavy atom. The van der Waals surface area contributed by atoms with E-state index in [0.717, 1.165) is 40.8 Å². The van der Waals surface area contributed by atoms with Gasteiger partial charge in [-0.25, -0.2) is 4.98 Å². The van der Waals surface area contributed by atoms with E-state index in [0.29, 0.717) is 28.2 Å². The number of rotatable bonds is 6. The number of anilines is 3. The first-order valence-electron chi connectivity index (χ1n) is 9.32. The van der Waals surface area contributed by atoms with Crippen LogP contribution in [0.4, 0.5) is 17.2 Å². The van der Waals surface area contributed by atoms with Gasteiger partial charge >= 0.3 is 0 Å². The maximum Gasteiger partial charge on any atom is 0.180 e. The minimum atomic E-state index is 0.356. The van der Waals surface area contributed by atoms with Gasteiger partial charge in [-0.2, -0.15) is 0 Å². The van der Waals surface area contributed by atoms with Crippen molar-refractivity contribution in [2.45, 2.75) is 25.3 Å². The first kappa shape index (κ1) is 17.6. The third-order valence-corrected chi connectivity index (χ3v) is 5.76. The molecule has 0 aliphatic heterocycles. The summed E-state index contributed by atoms with van der Waals surface area (Å²) < 4.78 is 0. The van der Waals surface area contributed by atoms with E-state index < -0.39 is 0 Å². The molecule has 2 N–H and O–H groups in total. The Hall–Kier alpha value is -3.46. The van der Waals surface area contributed by atoms with Crippen LogP contribution in [0.15, 0.2) is 42.9 Å². The molecule has 0 radical (unpaired) electrons. The molecule has 0 unspecified atom stereocenters. The summed E-state index contributed by atoms with van der Waals surface area (Å²) >= 11 is 1.26. The molecular weight excluding hydrogens is 386 g/mol. The van der Waals surface area contributed by atoms with Gasteiger partial charge in [0.15, 0.2) is 16.3 Å². The van der Waals surface area contributed by atoms with Crippen molar-refractivity contribution in [3.8, 4) is 10.6 Å². The summed E-state index contributed by atoms with van der Waals surface area (Å²) in [5.41, 5.74) is 4.32. The first-order chi connectivity index (χ1) is 14.3. The zero-order valence-electron chi connectivity index (χ0n) is 15.4. The lowest BCUT2D eigenvalue weighted by molar-refractivity contribution is 0.112. The Bertz CT molecular complexity index is 1190. The van der Waals surface area contributed by atoms with Gasteiger partial charge in [0.05, 0.1) is 16.6 Å². The lowest BCUT2D eigenvalue weighted by atomic mass is 9.93. The summed E-state index contributed by atoms with van der Waals surface area (Å²) in [4.78, 5) is 24.2. The predicted octanol–water partition coefficient (Wildman–Crippen LogP) is 4.06. The van der Waals surface area contributed by atoms with Gasteiger partial charge in [-0.15, -0.1) is 10.2 Å². The third kappa shape index (κ3) is 3.64. The fraction of sp³-hybridized carbons (Fsp3) is 0.200. The van der Waals surface area contributed by atoms with Crippen LogP contribution in [-0.2, 0) is 0 Å². The SMILES string of the molecule is O=Cc1nnc(-c2cnc(Nc3ccc4nccnc4c3)cc2NC2CCC2)s1. The van der Waals surface area contributed by atoms with Crippen LogP contribution in [0.3, 0.4) is 0 Å². The third-order valence-electron chi connectivity index (χ3n) is 4.88. The van der Waals surface area contributed by atoms with E-state index in [4.69, 9.17) is 0 Å². The molecule has 0 atom stereocenters. The molecule has 1 aromatic carbocycles. The molecule has 0 bridgehead atoms. The first-order valence-corrected chi connectivity index (χ1v) is 10.1. The van der Waals surface area contributed by atoms with Crippen molar-refractivity contribution < 1.29 is 4.79 Å². The number of carbonyl (C=O) groups is 1. The summed E-state index contributed by atoms with van der Waals surface area (Å²) in [7, 11) is 0. The standard InChI is InChI=1S/C20H17N7OS/c28-11-19-26-27-20(29-19)14-10-23-18(9-16(14)24-12-2-1-3-12)25-13-4-5-15-17(8-13)22-7-6-21-15/h4-12H,1-3H2,(H2,23,24,25). The number of fused-ring (bicyclic) bond motifs is 1. The number of pyridine rings is 1. The Morgan fingerprint density at radius 1 is 1.03 bits per heavy atom. The van der Waals surface area contributed by atoms with Gasteiger partial charge < -0.3 is 10.6 Å². The number of hydrogen-bond acceptors (Lipinski definition) is 9. The number of nitrogens with one attached hydrogen (secondary N) is 2. The highest BCUT2D eigenvalue weighted by Gasteiger charge is 2.20. The smallest absolute Gasteiger partial charge is 0.180 e. The van der Waals surface area contributed by atoms with Crippen molar-refractivity contribution in [1.29, 1.82) is 0 Å². The molecule has 29 heavy (non-hydrogen) atoms. The molecule has 5 rings (SSSR count). The summed E-state index contributed by atoms with van der Waals surface area (Å²) in [6.07, 6.45) is 9.35. The number of benzene rings is 1. The highest BCUT2D eigenvalue weighted by atomic mass is 32.1. The summed E-state index contributed by atoms with van der Waals surface area (Å²) in [6.45, 7) is 0. The van der Waals surface area contributed by atoms with E-state index in [1.807, 2.05) is 24.3 Å². The monoisotopic (exact) mass is 403 g/mol. The molecule has 0 amide bonds. The second-order valence-electron chi connectivity index (χ2n) is 6.84. The Morgan fingerprint density at radius 2 is 1.90 bits per heavy atom. The molecule has 144 valence electrons. The van der Waals surface area contributed by atoms with Gasteiger partial charge in [0.1, 0.15) is 5.82 Å². The van der Waals surface area contributed by atoms with Crippen molar-refractivity contribution >= 4 is 45.8 Å². The van der Waals surface area contributed by atoms with Gasteiger partial charge in [-0.05, 0) is 37.5 Å². The normalized spacial score (nSPS) is 13.8. The van der Waals surface area contributed by atoms with E-state index in [-0.39, 0.29) is 0 Å². The van der Waals surface area contributed by atoms with E-state index in [9.17, 15) is 4.79 Å². The zero-order valence-corrected chi connectivity index (χ0v) is 16.2. The Kier molecular flexibility index (Phi) is 4.57. The van der Waals surface area contributed by atoms with Gasteiger partial charge in [0, 0.05) is 42.1 Å². The molecule has 1 saturated carbocycles. The van der Waals surface area contributed by atoms with Gasteiger partial charge in [0.25, 0.3) is 0 Å². The van der Waals surface area contributed by atoms with E-state index in [2.05, 4.69) is 35.8 Å². The molecule has 0 spiro atoms. The number of carbonyl (C=O) groups excluding carboxylic acids is 1. The van der Waals surface area contributed by atoms with Crippen molar-refractivity contribution in [2.75, 3.05) is 10.6 Å². The highest BCUT2D eigenvalue weighted by Crippen LogP contribution is 2.34. The fourth-order valence-corrected chi connectivity index (χ4v) is 3.85. The van der Waals surface area contributed by atoms with Crippen LogP contribution in [-0.4, -0.2) is 37.5 Å². The number of nitrogens with zero attached hydrogens (tertiary/aromatic N) is 5. The Balaban J connectivity index is 1.47. The van der Waals surface area contributed by atoms with Crippen LogP contribution >= 0.6 is 11.3 Å². The summed E-state index contributed by atoms with van der Waals surface area (Å²) in [5.74, 6) is 0.707. The van der Waals surface area contributed by atoms with Gasteiger partial charge in [-0.1, -0.05) is 11.3 Å². The van der Waals surface area contributed by atoms with Crippen molar-refractivity contribution in [3.05, 3.63) is 47.9 Å². The largest absolute Gasteiger partial charge is 0.382 e. The minimum Gasteiger partial charge on any atom is -0.382 e. The van der Waals surface area contributed by atoms with Crippen LogP contribution in [0.25, 0.3) is 21.6 Å². The van der Waals surface area contributed by atoms with E-state index >= 15 is 0 Å². The van der Waals surface area contributed by atoms with Crippen molar-refractivity contribution in [2.24, 2.45) is 0 Å². The molecule has 1 aliphatic carbocycles. The fourth-order valence-electron chi connectivity index (χ4n) is 3.17. The average molecular weight is 403 g/mol. The second kappa shape index (κ2) is 7.51. The molecule has 0 saturated heterocycles. The lowest BCUT2D eigenvalue weighted by Crippen LogP contribution is -2.27. The minimum absolute atomic E-state index is 0.356. The number of aromatic nitrogens is 5. The van der Waals surface area contributed by atoms with Crippen molar-refractivity contribution in [3.63, 3.8) is 0 Å². The molecule has 1 aliphatic rings. The van der Waals surface area contributed by atoms with Crippen LogP contribution in [0.1, 0.15) is 29.1 Å². The molecule has 3 aromatic heterocycles. The van der Waals surface area contributed by atoms with Gasteiger partial charge in [-0.3, -0.25) is 14.8 Å². The van der Waals surface area contributed by atoms with Gasteiger partial charge in [0.2, 0.25) is 0 Å². The summed E-state index contributed by atoms with van der Waals surface area (Å²) in [6, 6.07) is 8.23. The summed E-state index contributed by atoms with van der Waals surface area (Å²) in [5, 5.41) is 16.0. The predicted molar refractivity (Wildman–Crippen MR) is 113 cm³/mol. The van der Waals surface area contributed by atoms with Crippen LogP contribution in [0.2, 0.25) is 0 Å². The lowest BCUT2D eigenvalue weighted by Gasteiger charge is -2.28. The van der Waals surface area contributed by atoms with Crippen LogP contribution < -0.4 is 10.6 Å². The molecular formula is C20H17N7OS.